The topological polar surface area (TPSA) is 68.2 Å². The van der Waals surface area contributed by atoms with Crippen molar-refractivity contribution in [1.29, 1.82) is 5.26 Å². The molecule has 0 fully saturated rings. The molecule has 96 valence electrons. The summed E-state index contributed by atoms with van der Waals surface area (Å²) in [5.41, 5.74) is 0.410. The summed E-state index contributed by atoms with van der Waals surface area (Å²) in [6, 6.07) is 5.98. The van der Waals surface area contributed by atoms with Crippen LogP contribution in [0.5, 0.6) is 0 Å². The Morgan fingerprint density at radius 2 is 2.17 bits per heavy atom. The second kappa shape index (κ2) is 6.45. The maximum absolute atomic E-state index is 13.3. The third kappa shape index (κ3) is 3.63. The van der Waals surface area contributed by atoms with E-state index < -0.39 is 5.82 Å². The van der Waals surface area contributed by atoms with Gasteiger partial charge in [0, 0.05) is 27.2 Å². The van der Waals surface area contributed by atoms with Gasteiger partial charge in [-0.15, -0.1) is 0 Å². The lowest BCUT2D eigenvalue weighted by molar-refractivity contribution is 0.218. The number of carbonyl (C=O) groups excluding carboxylic acids is 1. The number of nitriles is 1. The van der Waals surface area contributed by atoms with Crippen molar-refractivity contribution < 1.29 is 9.18 Å². The summed E-state index contributed by atoms with van der Waals surface area (Å²) in [5.74, 6) is -0.556. The van der Waals surface area contributed by atoms with Crippen molar-refractivity contribution >= 4 is 11.7 Å². The third-order valence-corrected chi connectivity index (χ3v) is 2.25. The summed E-state index contributed by atoms with van der Waals surface area (Å²) >= 11 is 0. The molecule has 1 aromatic rings. The number of amides is 2. The van der Waals surface area contributed by atoms with Crippen LogP contribution in [0.15, 0.2) is 18.2 Å². The summed E-state index contributed by atoms with van der Waals surface area (Å²) in [7, 11) is 3.28. The van der Waals surface area contributed by atoms with Crippen molar-refractivity contribution in [3.05, 3.63) is 29.6 Å². The van der Waals surface area contributed by atoms with Crippen molar-refractivity contribution in [3.8, 4) is 6.07 Å². The number of hydrogen-bond acceptors (Lipinski definition) is 3. The van der Waals surface area contributed by atoms with Gasteiger partial charge >= 0.3 is 6.03 Å². The molecule has 0 atom stereocenters. The number of hydrogen-bond donors (Lipinski definition) is 2. The highest BCUT2D eigenvalue weighted by atomic mass is 19.1. The lowest BCUT2D eigenvalue weighted by Crippen LogP contribution is -2.37. The third-order valence-electron chi connectivity index (χ3n) is 2.25. The van der Waals surface area contributed by atoms with E-state index in [0.29, 0.717) is 18.8 Å². The van der Waals surface area contributed by atoms with Crippen LogP contribution in [0.1, 0.15) is 5.56 Å². The Morgan fingerprint density at radius 1 is 1.44 bits per heavy atom. The number of benzene rings is 1. The number of anilines is 1. The maximum atomic E-state index is 13.3. The van der Waals surface area contributed by atoms with Gasteiger partial charge in [0.05, 0.1) is 5.69 Å². The molecular weight excluding hydrogens is 235 g/mol. The standard InChI is InChI=1S/C12H15FN4O/c1-17(2)12(18)16-7-6-15-11-5-3-4-10(13)9(11)8-14/h3-5,15H,6-7H2,1-2H3,(H,16,18). The average Bonchev–Trinajstić information content (AvgIpc) is 2.34. The molecule has 0 spiro atoms. The minimum Gasteiger partial charge on any atom is -0.382 e. The monoisotopic (exact) mass is 250 g/mol. The number of nitrogens with zero attached hydrogens (tertiary/aromatic N) is 2. The van der Waals surface area contributed by atoms with Gasteiger partial charge in [-0.3, -0.25) is 0 Å². The molecule has 1 aromatic carbocycles. The number of halogens is 1. The first-order valence-corrected chi connectivity index (χ1v) is 5.44. The van der Waals surface area contributed by atoms with Gasteiger partial charge in [-0.25, -0.2) is 9.18 Å². The molecule has 0 aromatic heterocycles. The van der Waals surface area contributed by atoms with Gasteiger partial charge in [0.25, 0.3) is 0 Å². The molecule has 2 N–H and O–H groups in total. The molecule has 2 amide bonds. The van der Waals surface area contributed by atoms with Crippen LogP contribution in [-0.4, -0.2) is 38.1 Å². The lowest BCUT2D eigenvalue weighted by Gasteiger charge is -2.13. The zero-order valence-electron chi connectivity index (χ0n) is 10.3. The maximum Gasteiger partial charge on any atom is 0.316 e. The number of nitrogens with one attached hydrogen (secondary N) is 2. The van der Waals surface area contributed by atoms with Gasteiger partial charge in [0.2, 0.25) is 0 Å². The summed E-state index contributed by atoms with van der Waals surface area (Å²) in [4.78, 5) is 12.6. The fourth-order valence-corrected chi connectivity index (χ4v) is 1.31. The van der Waals surface area contributed by atoms with E-state index in [9.17, 15) is 9.18 Å². The molecule has 1 rings (SSSR count). The molecule has 0 radical (unpaired) electrons. The van der Waals surface area contributed by atoms with Crippen molar-refractivity contribution in [2.24, 2.45) is 0 Å². The van der Waals surface area contributed by atoms with Gasteiger partial charge in [-0.1, -0.05) is 6.07 Å². The average molecular weight is 250 g/mol. The highest BCUT2D eigenvalue weighted by Crippen LogP contribution is 2.16. The van der Waals surface area contributed by atoms with Crippen molar-refractivity contribution in [3.63, 3.8) is 0 Å². The molecular formula is C12H15FN4O. The fraction of sp³-hybridized carbons (Fsp3) is 0.333. The number of carbonyl (C=O) groups is 1. The van der Waals surface area contributed by atoms with E-state index in [2.05, 4.69) is 10.6 Å². The molecule has 0 aliphatic rings. The SMILES string of the molecule is CN(C)C(=O)NCCNc1cccc(F)c1C#N. The first-order valence-electron chi connectivity index (χ1n) is 5.44. The second-order valence-corrected chi connectivity index (χ2v) is 3.83. The highest BCUT2D eigenvalue weighted by Gasteiger charge is 2.07. The Balaban J connectivity index is 2.48. The second-order valence-electron chi connectivity index (χ2n) is 3.83. The van der Waals surface area contributed by atoms with E-state index in [-0.39, 0.29) is 11.6 Å². The van der Waals surface area contributed by atoms with Crippen LogP contribution in [-0.2, 0) is 0 Å². The molecule has 0 unspecified atom stereocenters. The van der Waals surface area contributed by atoms with Gasteiger partial charge in [-0.2, -0.15) is 5.26 Å². The molecule has 5 nitrogen and oxygen atoms in total. The normalized spacial score (nSPS) is 9.44. The molecule has 6 heteroatoms. The molecule has 0 aliphatic heterocycles. The summed E-state index contributed by atoms with van der Waals surface area (Å²) in [5, 5.41) is 14.4. The van der Waals surface area contributed by atoms with Crippen LogP contribution in [0.2, 0.25) is 0 Å². The van der Waals surface area contributed by atoms with E-state index in [4.69, 9.17) is 5.26 Å². The molecule has 18 heavy (non-hydrogen) atoms. The predicted molar refractivity (Wildman–Crippen MR) is 66.7 cm³/mol. The van der Waals surface area contributed by atoms with E-state index >= 15 is 0 Å². The quantitative estimate of drug-likeness (QED) is 0.793. The van der Waals surface area contributed by atoms with Gasteiger partial charge in [0.1, 0.15) is 17.4 Å². The predicted octanol–water partition coefficient (Wildman–Crippen LogP) is 1.38. The van der Waals surface area contributed by atoms with Crippen LogP contribution >= 0.6 is 0 Å². The van der Waals surface area contributed by atoms with Crippen molar-refractivity contribution in [2.75, 3.05) is 32.5 Å². The Labute approximate surface area is 105 Å². The largest absolute Gasteiger partial charge is 0.382 e. The molecule has 0 saturated carbocycles. The van der Waals surface area contributed by atoms with E-state index in [1.54, 1.807) is 26.2 Å². The summed E-state index contributed by atoms with van der Waals surface area (Å²) in [6.45, 7) is 0.802. The van der Waals surface area contributed by atoms with Crippen molar-refractivity contribution in [2.45, 2.75) is 0 Å². The summed E-state index contributed by atoms with van der Waals surface area (Å²) in [6.07, 6.45) is 0. The van der Waals surface area contributed by atoms with Crippen LogP contribution in [0.25, 0.3) is 0 Å². The lowest BCUT2D eigenvalue weighted by atomic mass is 10.2. The smallest absolute Gasteiger partial charge is 0.316 e. The Kier molecular flexibility index (Phi) is 4.93. The highest BCUT2D eigenvalue weighted by molar-refractivity contribution is 5.73. The van der Waals surface area contributed by atoms with E-state index in [1.807, 2.05) is 0 Å². The molecule has 0 aliphatic carbocycles. The zero-order valence-corrected chi connectivity index (χ0v) is 10.3. The first kappa shape index (κ1) is 13.8. The van der Waals surface area contributed by atoms with Crippen LogP contribution in [0, 0.1) is 17.1 Å². The van der Waals surface area contributed by atoms with Gasteiger partial charge < -0.3 is 15.5 Å². The Hall–Kier alpha value is -2.29. The number of urea groups is 1. The molecule has 0 saturated heterocycles. The van der Waals surface area contributed by atoms with Crippen LogP contribution in [0.4, 0.5) is 14.9 Å². The van der Waals surface area contributed by atoms with Gasteiger partial charge in [0.15, 0.2) is 0 Å². The van der Waals surface area contributed by atoms with Crippen LogP contribution in [0.3, 0.4) is 0 Å². The Bertz CT molecular complexity index is 468. The molecule has 0 heterocycles. The molecule has 0 bridgehead atoms. The van der Waals surface area contributed by atoms with E-state index in [1.165, 1.54) is 17.0 Å². The zero-order chi connectivity index (χ0) is 13.5. The summed E-state index contributed by atoms with van der Waals surface area (Å²) < 4.78 is 13.3. The minimum atomic E-state index is -0.556. The minimum absolute atomic E-state index is 0.0172. The fourth-order valence-electron chi connectivity index (χ4n) is 1.31. The van der Waals surface area contributed by atoms with Crippen LogP contribution < -0.4 is 10.6 Å². The first-order chi connectivity index (χ1) is 8.56. The van der Waals surface area contributed by atoms with E-state index in [0.717, 1.165) is 0 Å². The Morgan fingerprint density at radius 3 is 2.78 bits per heavy atom. The van der Waals surface area contributed by atoms with Gasteiger partial charge in [-0.05, 0) is 12.1 Å². The van der Waals surface area contributed by atoms with Crippen molar-refractivity contribution in [1.82, 2.24) is 10.2 Å². The number of rotatable bonds is 4.